The summed E-state index contributed by atoms with van der Waals surface area (Å²) in [5.74, 6) is 0.483. The molecule has 0 fully saturated rings. The number of alkyl halides is 1. The molecule has 1 aliphatic rings. The van der Waals surface area contributed by atoms with E-state index in [0.717, 1.165) is 19.5 Å². The quantitative estimate of drug-likeness (QED) is 0.834. The van der Waals surface area contributed by atoms with Gasteiger partial charge in [-0.05, 0) is 18.1 Å². The highest BCUT2D eigenvalue weighted by molar-refractivity contribution is 9.09. The van der Waals surface area contributed by atoms with Crippen molar-refractivity contribution in [2.75, 3.05) is 23.7 Å². The van der Waals surface area contributed by atoms with Crippen molar-refractivity contribution in [1.82, 2.24) is 5.32 Å². The van der Waals surface area contributed by atoms with Crippen molar-refractivity contribution in [2.45, 2.75) is 12.3 Å². The van der Waals surface area contributed by atoms with Gasteiger partial charge in [-0.1, -0.05) is 34.1 Å². The summed E-state index contributed by atoms with van der Waals surface area (Å²) < 4.78 is 0. The Hall–Kier alpha value is -1.03. The second kappa shape index (κ2) is 5.34. The fraction of sp³-hybridized carbons (Fsp3) is 0.417. The van der Waals surface area contributed by atoms with Gasteiger partial charge in [-0.3, -0.25) is 4.79 Å². The summed E-state index contributed by atoms with van der Waals surface area (Å²) in [6, 6.07) is 8.30. The van der Waals surface area contributed by atoms with Gasteiger partial charge in [0.1, 0.15) is 0 Å². The average Bonchev–Trinajstić information content (AvgIpc) is 2.35. The first-order valence-electron chi connectivity index (χ1n) is 5.46. The van der Waals surface area contributed by atoms with E-state index in [2.05, 4.69) is 38.7 Å². The molecule has 2 rings (SSSR count). The van der Waals surface area contributed by atoms with Crippen LogP contribution in [0.2, 0.25) is 0 Å². The molecule has 1 atom stereocenters. The molecule has 4 heteroatoms. The number of hydrogen-bond acceptors (Lipinski definition) is 2. The van der Waals surface area contributed by atoms with E-state index < -0.39 is 0 Å². The van der Waals surface area contributed by atoms with Gasteiger partial charge >= 0.3 is 0 Å². The first-order valence-corrected chi connectivity index (χ1v) is 6.59. The van der Waals surface area contributed by atoms with Crippen LogP contribution >= 0.6 is 15.9 Å². The molecule has 86 valence electrons. The standard InChI is InChI=1S/C12H15BrN2O/c13-7-12(16)15-8-9-5-6-14-11-4-2-1-3-10(9)11/h1-4,9,14H,5-8H2,(H,15,16). The smallest absolute Gasteiger partial charge is 0.230 e. The first-order chi connectivity index (χ1) is 7.81. The Morgan fingerprint density at radius 1 is 1.50 bits per heavy atom. The Kier molecular flexibility index (Phi) is 3.83. The van der Waals surface area contributed by atoms with Gasteiger partial charge in [0.15, 0.2) is 0 Å². The number of fused-ring (bicyclic) bond motifs is 1. The first kappa shape index (κ1) is 11.5. The number of hydrogen-bond donors (Lipinski definition) is 2. The predicted molar refractivity (Wildman–Crippen MR) is 69.1 cm³/mol. The Labute approximate surface area is 104 Å². The molecule has 3 nitrogen and oxygen atoms in total. The van der Waals surface area contributed by atoms with Crippen LogP contribution in [0.1, 0.15) is 17.9 Å². The number of rotatable bonds is 3. The van der Waals surface area contributed by atoms with Gasteiger partial charge in [0.2, 0.25) is 5.91 Å². The van der Waals surface area contributed by atoms with Gasteiger partial charge < -0.3 is 10.6 Å². The number of amides is 1. The predicted octanol–water partition coefficient (Wildman–Crippen LogP) is 2.10. The molecule has 16 heavy (non-hydrogen) atoms. The molecular weight excluding hydrogens is 268 g/mol. The topological polar surface area (TPSA) is 41.1 Å². The lowest BCUT2D eigenvalue weighted by molar-refractivity contribution is -0.118. The molecule has 0 bridgehead atoms. The van der Waals surface area contributed by atoms with Gasteiger partial charge in [0.05, 0.1) is 5.33 Å². The molecule has 0 saturated carbocycles. The monoisotopic (exact) mass is 282 g/mol. The number of carbonyl (C=O) groups is 1. The van der Waals surface area contributed by atoms with Crippen molar-refractivity contribution in [1.29, 1.82) is 0 Å². The van der Waals surface area contributed by atoms with Crippen LogP contribution in [0, 0.1) is 0 Å². The molecule has 0 aromatic heterocycles. The van der Waals surface area contributed by atoms with Gasteiger partial charge in [-0.15, -0.1) is 0 Å². The van der Waals surface area contributed by atoms with Crippen LogP contribution in [-0.4, -0.2) is 24.3 Å². The molecule has 1 aromatic carbocycles. The van der Waals surface area contributed by atoms with Crippen LogP contribution in [-0.2, 0) is 4.79 Å². The average molecular weight is 283 g/mol. The molecule has 2 N–H and O–H groups in total. The minimum absolute atomic E-state index is 0.0519. The minimum Gasteiger partial charge on any atom is -0.385 e. The maximum absolute atomic E-state index is 11.2. The van der Waals surface area contributed by atoms with Gasteiger partial charge in [-0.2, -0.15) is 0 Å². The van der Waals surface area contributed by atoms with E-state index in [1.54, 1.807) is 0 Å². The van der Waals surface area contributed by atoms with E-state index in [4.69, 9.17) is 0 Å². The lowest BCUT2D eigenvalue weighted by Crippen LogP contribution is -2.31. The summed E-state index contributed by atoms with van der Waals surface area (Å²) in [5.41, 5.74) is 2.51. The number of para-hydroxylation sites is 1. The third-order valence-corrected chi connectivity index (χ3v) is 3.39. The summed E-state index contributed by atoms with van der Waals surface area (Å²) in [6.07, 6.45) is 1.07. The van der Waals surface area contributed by atoms with E-state index >= 15 is 0 Å². The second-order valence-electron chi connectivity index (χ2n) is 3.94. The summed E-state index contributed by atoms with van der Waals surface area (Å²) in [5, 5.41) is 6.68. The molecule has 1 unspecified atom stereocenters. The molecular formula is C12H15BrN2O. The van der Waals surface area contributed by atoms with Crippen LogP contribution in [0.4, 0.5) is 5.69 Å². The molecule has 0 radical (unpaired) electrons. The Bertz CT molecular complexity index is 381. The van der Waals surface area contributed by atoms with Crippen LogP contribution < -0.4 is 10.6 Å². The number of carbonyl (C=O) groups excluding carboxylic acids is 1. The zero-order chi connectivity index (χ0) is 11.4. The van der Waals surface area contributed by atoms with E-state index in [1.165, 1.54) is 11.3 Å². The van der Waals surface area contributed by atoms with Gasteiger partial charge in [0, 0.05) is 24.7 Å². The zero-order valence-electron chi connectivity index (χ0n) is 9.00. The number of nitrogens with one attached hydrogen (secondary N) is 2. The van der Waals surface area contributed by atoms with Crippen LogP contribution in [0.3, 0.4) is 0 Å². The molecule has 1 heterocycles. The van der Waals surface area contributed by atoms with Crippen molar-refractivity contribution in [3.63, 3.8) is 0 Å². The number of halogens is 1. The molecule has 0 spiro atoms. The lowest BCUT2D eigenvalue weighted by atomic mass is 9.91. The molecule has 1 aromatic rings. The van der Waals surface area contributed by atoms with E-state index in [9.17, 15) is 4.79 Å². The molecule has 0 aliphatic carbocycles. The summed E-state index contributed by atoms with van der Waals surface area (Å²) >= 11 is 3.15. The van der Waals surface area contributed by atoms with E-state index in [-0.39, 0.29) is 5.91 Å². The van der Waals surface area contributed by atoms with Crippen LogP contribution in [0.25, 0.3) is 0 Å². The highest BCUT2D eigenvalue weighted by atomic mass is 79.9. The summed E-state index contributed by atoms with van der Waals surface area (Å²) in [4.78, 5) is 11.2. The Morgan fingerprint density at radius 2 is 2.31 bits per heavy atom. The van der Waals surface area contributed by atoms with Crippen molar-refractivity contribution < 1.29 is 4.79 Å². The third kappa shape index (κ3) is 2.55. The van der Waals surface area contributed by atoms with Crippen LogP contribution in [0.5, 0.6) is 0 Å². The fourth-order valence-corrected chi connectivity index (χ4v) is 2.25. The minimum atomic E-state index is 0.0519. The maximum Gasteiger partial charge on any atom is 0.230 e. The van der Waals surface area contributed by atoms with Crippen molar-refractivity contribution in [3.8, 4) is 0 Å². The van der Waals surface area contributed by atoms with Crippen LogP contribution in [0.15, 0.2) is 24.3 Å². The number of anilines is 1. The van der Waals surface area contributed by atoms with Crippen molar-refractivity contribution >= 4 is 27.5 Å². The van der Waals surface area contributed by atoms with Crippen molar-refractivity contribution in [3.05, 3.63) is 29.8 Å². The fourth-order valence-electron chi connectivity index (χ4n) is 2.05. The maximum atomic E-state index is 11.2. The molecule has 0 saturated heterocycles. The second-order valence-corrected chi connectivity index (χ2v) is 4.50. The highest BCUT2D eigenvalue weighted by Gasteiger charge is 2.19. The summed E-state index contributed by atoms with van der Waals surface area (Å²) in [7, 11) is 0. The largest absolute Gasteiger partial charge is 0.385 e. The Morgan fingerprint density at radius 3 is 3.12 bits per heavy atom. The van der Waals surface area contributed by atoms with E-state index in [0.29, 0.717) is 11.2 Å². The molecule has 1 aliphatic heterocycles. The zero-order valence-corrected chi connectivity index (χ0v) is 10.6. The SMILES string of the molecule is O=C(CBr)NCC1CCNc2ccccc21. The summed E-state index contributed by atoms with van der Waals surface area (Å²) in [6.45, 7) is 1.70. The highest BCUT2D eigenvalue weighted by Crippen LogP contribution is 2.30. The van der Waals surface area contributed by atoms with Gasteiger partial charge in [-0.25, -0.2) is 0 Å². The normalized spacial score (nSPS) is 18.4. The molecule has 1 amide bonds. The third-order valence-electron chi connectivity index (χ3n) is 2.88. The lowest BCUT2D eigenvalue weighted by Gasteiger charge is -2.26. The van der Waals surface area contributed by atoms with Gasteiger partial charge in [0.25, 0.3) is 0 Å². The van der Waals surface area contributed by atoms with Crippen molar-refractivity contribution in [2.24, 2.45) is 0 Å². The number of benzene rings is 1. The Balaban J connectivity index is 2.04. The van der Waals surface area contributed by atoms with E-state index in [1.807, 2.05) is 12.1 Å².